The molecule has 3 heterocycles. The number of likely N-dealkylation sites (tertiary alicyclic amines) is 1. The molecule has 0 spiro atoms. The average molecular weight is 413 g/mol. The SMILES string of the molecule is COc1ccc(F)cc1C(=O)N1CCCC(CN2CCN(c3ccccn3)CC2)C1. The first-order valence-corrected chi connectivity index (χ1v) is 10.6. The number of benzene rings is 1. The van der Waals surface area contributed by atoms with Gasteiger partial charge in [-0.2, -0.15) is 0 Å². The first-order chi connectivity index (χ1) is 14.6. The molecule has 1 aromatic heterocycles. The van der Waals surface area contributed by atoms with Crippen LogP contribution in [0.5, 0.6) is 5.75 Å². The zero-order chi connectivity index (χ0) is 20.9. The van der Waals surface area contributed by atoms with Crippen LogP contribution in [-0.4, -0.2) is 73.6 Å². The quantitative estimate of drug-likeness (QED) is 0.756. The first kappa shape index (κ1) is 20.6. The summed E-state index contributed by atoms with van der Waals surface area (Å²) in [7, 11) is 1.51. The number of ether oxygens (including phenoxy) is 1. The van der Waals surface area contributed by atoms with E-state index in [0.717, 1.165) is 51.4 Å². The molecule has 6 nitrogen and oxygen atoms in total. The Morgan fingerprint density at radius 1 is 1.17 bits per heavy atom. The molecule has 4 rings (SSSR count). The third kappa shape index (κ3) is 4.73. The molecule has 1 amide bonds. The molecule has 160 valence electrons. The van der Waals surface area contributed by atoms with E-state index in [4.69, 9.17) is 4.74 Å². The highest BCUT2D eigenvalue weighted by atomic mass is 19.1. The number of carbonyl (C=O) groups excluding carboxylic acids is 1. The highest BCUT2D eigenvalue weighted by Gasteiger charge is 2.28. The second-order valence-corrected chi connectivity index (χ2v) is 8.08. The molecule has 0 radical (unpaired) electrons. The fourth-order valence-corrected chi connectivity index (χ4v) is 4.48. The van der Waals surface area contributed by atoms with Crippen LogP contribution in [0.1, 0.15) is 23.2 Å². The van der Waals surface area contributed by atoms with Crippen LogP contribution in [0.15, 0.2) is 42.6 Å². The Bertz CT molecular complexity index is 856. The number of nitrogens with zero attached hydrogens (tertiary/aromatic N) is 4. The minimum atomic E-state index is -0.418. The number of hydrogen-bond acceptors (Lipinski definition) is 5. The van der Waals surface area contributed by atoms with Crippen molar-refractivity contribution in [3.8, 4) is 5.75 Å². The Morgan fingerprint density at radius 3 is 2.73 bits per heavy atom. The lowest BCUT2D eigenvalue weighted by atomic mass is 9.96. The van der Waals surface area contributed by atoms with E-state index in [1.165, 1.54) is 25.3 Å². The number of anilines is 1. The second-order valence-electron chi connectivity index (χ2n) is 8.08. The van der Waals surface area contributed by atoms with Gasteiger partial charge in [0.05, 0.1) is 12.7 Å². The van der Waals surface area contributed by atoms with Crippen molar-refractivity contribution in [3.05, 3.63) is 54.0 Å². The molecule has 2 aliphatic rings. The lowest BCUT2D eigenvalue weighted by Crippen LogP contribution is -2.50. The van der Waals surface area contributed by atoms with Crippen molar-refractivity contribution in [2.24, 2.45) is 5.92 Å². The van der Waals surface area contributed by atoms with Crippen molar-refractivity contribution < 1.29 is 13.9 Å². The number of piperidine rings is 1. The van der Waals surface area contributed by atoms with Gasteiger partial charge in [0, 0.05) is 52.0 Å². The molecule has 2 fully saturated rings. The zero-order valence-electron chi connectivity index (χ0n) is 17.5. The van der Waals surface area contributed by atoms with E-state index >= 15 is 0 Å². The summed E-state index contributed by atoms with van der Waals surface area (Å²) in [6.07, 6.45) is 3.93. The third-order valence-electron chi connectivity index (χ3n) is 6.06. The lowest BCUT2D eigenvalue weighted by Gasteiger charge is -2.39. The number of methoxy groups -OCH3 is 1. The summed E-state index contributed by atoms with van der Waals surface area (Å²) < 4.78 is 19.0. The van der Waals surface area contributed by atoms with E-state index in [-0.39, 0.29) is 5.91 Å². The van der Waals surface area contributed by atoms with E-state index in [1.807, 2.05) is 23.2 Å². The predicted molar refractivity (Wildman–Crippen MR) is 114 cm³/mol. The van der Waals surface area contributed by atoms with Gasteiger partial charge in [-0.15, -0.1) is 0 Å². The number of halogens is 1. The number of pyridine rings is 1. The molecule has 30 heavy (non-hydrogen) atoms. The summed E-state index contributed by atoms with van der Waals surface area (Å²) in [4.78, 5) is 24.1. The molecule has 2 saturated heterocycles. The topological polar surface area (TPSA) is 48.9 Å². The van der Waals surface area contributed by atoms with Crippen LogP contribution in [-0.2, 0) is 0 Å². The molecule has 0 aliphatic carbocycles. The largest absolute Gasteiger partial charge is 0.496 e. The Hall–Kier alpha value is -2.67. The highest BCUT2D eigenvalue weighted by Crippen LogP contribution is 2.25. The summed E-state index contributed by atoms with van der Waals surface area (Å²) in [5.41, 5.74) is 0.308. The molecule has 1 aromatic carbocycles. The normalized spacial score (nSPS) is 20.3. The third-order valence-corrected chi connectivity index (χ3v) is 6.06. The van der Waals surface area contributed by atoms with Gasteiger partial charge >= 0.3 is 0 Å². The summed E-state index contributed by atoms with van der Waals surface area (Å²) >= 11 is 0. The maximum atomic E-state index is 13.7. The van der Waals surface area contributed by atoms with Gasteiger partial charge in [0.1, 0.15) is 17.4 Å². The zero-order valence-corrected chi connectivity index (χ0v) is 17.5. The van der Waals surface area contributed by atoms with Crippen molar-refractivity contribution in [3.63, 3.8) is 0 Å². The van der Waals surface area contributed by atoms with Crippen LogP contribution in [0.2, 0.25) is 0 Å². The first-order valence-electron chi connectivity index (χ1n) is 10.6. The number of amides is 1. The minimum Gasteiger partial charge on any atom is -0.496 e. The minimum absolute atomic E-state index is 0.143. The Labute approximate surface area is 177 Å². The highest BCUT2D eigenvalue weighted by molar-refractivity contribution is 5.97. The molecule has 1 unspecified atom stereocenters. The summed E-state index contributed by atoms with van der Waals surface area (Å²) in [5, 5.41) is 0. The fraction of sp³-hybridized carbons (Fsp3) is 0.478. The van der Waals surface area contributed by atoms with Crippen molar-refractivity contribution in [2.75, 3.05) is 57.8 Å². The van der Waals surface area contributed by atoms with Crippen LogP contribution in [0, 0.1) is 11.7 Å². The maximum absolute atomic E-state index is 13.7. The molecule has 2 aromatic rings. The lowest BCUT2D eigenvalue weighted by molar-refractivity contribution is 0.0633. The van der Waals surface area contributed by atoms with Crippen molar-refractivity contribution in [1.29, 1.82) is 0 Å². The van der Waals surface area contributed by atoms with Crippen LogP contribution in [0.3, 0.4) is 0 Å². The van der Waals surface area contributed by atoms with Crippen LogP contribution in [0.4, 0.5) is 10.2 Å². The van der Waals surface area contributed by atoms with Crippen LogP contribution < -0.4 is 9.64 Å². The van der Waals surface area contributed by atoms with Crippen molar-refractivity contribution in [1.82, 2.24) is 14.8 Å². The van der Waals surface area contributed by atoms with E-state index in [0.29, 0.717) is 30.3 Å². The number of carbonyl (C=O) groups is 1. The van der Waals surface area contributed by atoms with Gasteiger partial charge in [0.2, 0.25) is 0 Å². The number of hydrogen-bond donors (Lipinski definition) is 0. The average Bonchev–Trinajstić information content (AvgIpc) is 2.80. The molecule has 2 aliphatic heterocycles. The van der Waals surface area contributed by atoms with Crippen molar-refractivity contribution >= 4 is 11.7 Å². The number of rotatable bonds is 5. The van der Waals surface area contributed by atoms with E-state index < -0.39 is 5.82 Å². The Morgan fingerprint density at radius 2 is 2.00 bits per heavy atom. The maximum Gasteiger partial charge on any atom is 0.257 e. The van der Waals surface area contributed by atoms with E-state index in [1.54, 1.807) is 0 Å². The van der Waals surface area contributed by atoms with Gasteiger partial charge < -0.3 is 14.5 Å². The molecule has 0 saturated carbocycles. The molecule has 0 N–H and O–H groups in total. The van der Waals surface area contributed by atoms with Gasteiger partial charge in [0.15, 0.2) is 0 Å². The standard InChI is InChI=1S/C23H29FN4O2/c1-30-21-8-7-19(24)15-20(21)23(29)28-10-4-5-18(17-28)16-26-11-13-27(14-12-26)22-6-2-3-9-25-22/h2-3,6-9,15,18H,4-5,10-14,16-17H2,1H3. The molecular weight excluding hydrogens is 383 g/mol. The van der Waals surface area contributed by atoms with Gasteiger partial charge in [-0.3, -0.25) is 9.69 Å². The van der Waals surface area contributed by atoms with Crippen molar-refractivity contribution in [2.45, 2.75) is 12.8 Å². The van der Waals surface area contributed by atoms with Gasteiger partial charge in [-0.25, -0.2) is 9.37 Å². The molecule has 1 atom stereocenters. The second kappa shape index (κ2) is 9.43. The Balaban J connectivity index is 1.33. The van der Waals surface area contributed by atoms with Gasteiger partial charge in [-0.05, 0) is 49.1 Å². The Kier molecular flexibility index (Phi) is 6.47. The molecule has 0 bridgehead atoms. The van der Waals surface area contributed by atoms with E-state index in [2.05, 4.69) is 20.9 Å². The van der Waals surface area contributed by atoms with E-state index in [9.17, 15) is 9.18 Å². The van der Waals surface area contributed by atoms with Crippen LogP contribution in [0.25, 0.3) is 0 Å². The molecular formula is C23H29FN4O2. The molecule has 7 heteroatoms. The number of piperazine rings is 1. The number of aromatic nitrogens is 1. The smallest absolute Gasteiger partial charge is 0.257 e. The van der Waals surface area contributed by atoms with Gasteiger partial charge in [-0.1, -0.05) is 6.07 Å². The summed E-state index contributed by atoms with van der Waals surface area (Å²) in [6, 6.07) is 10.1. The van der Waals surface area contributed by atoms with Crippen LogP contribution >= 0.6 is 0 Å². The predicted octanol–water partition coefficient (Wildman–Crippen LogP) is 2.90. The van der Waals surface area contributed by atoms with Gasteiger partial charge in [0.25, 0.3) is 5.91 Å². The monoisotopic (exact) mass is 412 g/mol. The fourth-order valence-electron chi connectivity index (χ4n) is 4.48. The summed E-state index contributed by atoms with van der Waals surface area (Å²) in [5.74, 6) is 1.34. The summed E-state index contributed by atoms with van der Waals surface area (Å²) in [6.45, 7) is 6.33.